The van der Waals surface area contributed by atoms with Gasteiger partial charge in [-0.05, 0) is 18.9 Å². The van der Waals surface area contributed by atoms with Gasteiger partial charge in [-0.15, -0.1) is 0 Å². The highest BCUT2D eigenvalue weighted by Crippen LogP contribution is 2.15. The number of hydrogen-bond acceptors (Lipinski definition) is 5. The van der Waals surface area contributed by atoms with Crippen LogP contribution in [0.1, 0.15) is 18.5 Å². The van der Waals surface area contributed by atoms with Gasteiger partial charge in [0, 0.05) is 32.4 Å². The first-order valence-electron chi connectivity index (χ1n) is 5.61. The summed E-state index contributed by atoms with van der Waals surface area (Å²) in [7, 11) is 1.67. The van der Waals surface area contributed by atoms with Crippen molar-refractivity contribution in [1.82, 2.24) is 9.97 Å². The first-order valence-corrected chi connectivity index (χ1v) is 5.61. The monoisotopic (exact) mass is 222 g/mol. The van der Waals surface area contributed by atoms with Gasteiger partial charge in [-0.1, -0.05) is 0 Å². The minimum atomic E-state index is 0.239. The van der Waals surface area contributed by atoms with Crippen LogP contribution in [0.25, 0.3) is 0 Å². The Balaban J connectivity index is 2.09. The first kappa shape index (κ1) is 11.3. The molecule has 1 aromatic rings. The Morgan fingerprint density at radius 3 is 3.25 bits per heavy atom. The molecular formula is C11H18N4O. The first-order chi connectivity index (χ1) is 7.79. The van der Waals surface area contributed by atoms with Gasteiger partial charge in [0.1, 0.15) is 0 Å². The summed E-state index contributed by atoms with van der Waals surface area (Å²) >= 11 is 0. The third-order valence-electron chi connectivity index (χ3n) is 2.73. The third-order valence-corrected chi connectivity index (χ3v) is 2.73. The molecule has 5 heteroatoms. The molecule has 0 radical (unpaired) electrons. The number of nitrogens with zero attached hydrogens (tertiary/aromatic N) is 3. The van der Waals surface area contributed by atoms with Crippen LogP contribution >= 0.6 is 0 Å². The van der Waals surface area contributed by atoms with E-state index in [9.17, 15) is 0 Å². The fraction of sp³-hybridized carbons (Fsp3) is 0.636. The van der Waals surface area contributed by atoms with E-state index in [0.29, 0.717) is 6.61 Å². The minimum Gasteiger partial charge on any atom is -0.378 e. The largest absolute Gasteiger partial charge is 0.378 e. The number of hydrogen-bond donors (Lipinski definition) is 1. The maximum atomic E-state index is 5.94. The summed E-state index contributed by atoms with van der Waals surface area (Å²) in [5, 5.41) is 0. The second-order valence-electron chi connectivity index (χ2n) is 4.13. The SMILES string of the molecule is COCc1ccnc(N2CCCC(N)C2)n1. The molecule has 1 atom stereocenters. The van der Waals surface area contributed by atoms with E-state index >= 15 is 0 Å². The molecule has 0 spiro atoms. The van der Waals surface area contributed by atoms with Crippen molar-refractivity contribution in [3.63, 3.8) is 0 Å². The predicted molar refractivity (Wildman–Crippen MR) is 62.2 cm³/mol. The minimum absolute atomic E-state index is 0.239. The number of nitrogens with two attached hydrogens (primary N) is 1. The molecule has 1 aromatic heterocycles. The highest BCUT2D eigenvalue weighted by Gasteiger charge is 2.18. The smallest absolute Gasteiger partial charge is 0.225 e. The van der Waals surface area contributed by atoms with Crippen molar-refractivity contribution in [3.8, 4) is 0 Å². The van der Waals surface area contributed by atoms with E-state index in [0.717, 1.165) is 37.6 Å². The van der Waals surface area contributed by atoms with Crippen molar-refractivity contribution in [3.05, 3.63) is 18.0 Å². The zero-order valence-corrected chi connectivity index (χ0v) is 9.59. The lowest BCUT2D eigenvalue weighted by Crippen LogP contribution is -2.43. The molecule has 1 fully saturated rings. The Hall–Kier alpha value is -1.20. The molecule has 1 aliphatic heterocycles. The van der Waals surface area contributed by atoms with E-state index in [2.05, 4.69) is 14.9 Å². The van der Waals surface area contributed by atoms with Gasteiger partial charge in [0.2, 0.25) is 5.95 Å². The van der Waals surface area contributed by atoms with Crippen LogP contribution in [0.5, 0.6) is 0 Å². The van der Waals surface area contributed by atoms with E-state index in [1.807, 2.05) is 6.07 Å². The highest BCUT2D eigenvalue weighted by atomic mass is 16.5. The Bertz CT molecular complexity index is 345. The lowest BCUT2D eigenvalue weighted by Gasteiger charge is -2.30. The molecule has 2 heterocycles. The standard InChI is InChI=1S/C11H18N4O/c1-16-8-10-4-5-13-11(14-10)15-6-2-3-9(12)7-15/h4-5,9H,2-3,6-8,12H2,1H3. The number of ether oxygens (including phenoxy) is 1. The lowest BCUT2D eigenvalue weighted by atomic mass is 10.1. The van der Waals surface area contributed by atoms with E-state index in [4.69, 9.17) is 10.5 Å². The zero-order chi connectivity index (χ0) is 11.4. The average Bonchev–Trinajstić information content (AvgIpc) is 2.30. The average molecular weight is 222 g/mol. The molecule has 0 aromatic carbocycles. The van der Waals surface area contributed by atoms with E-state index in [1.54, 1.807) is 13.3 Å². The van der Waals surface area contributed by atoms with Crippen molar-refractivity contribution in [2.75, 3.05) is 25.1 Å². The molecular weight excluding hydrogens is 204 g/mol. The van der Waals surface area contributed by atoms with Gasteiger partial charge >= 0.3 is 0 Å². The normalized spacial score (nSPS) is 21.1. The molecule has 2 rings (SSSR count). The molecule has 88 valence electrons. The van der Waals surface area contributed by atoms with Crippen LogP contribution in [-0.2, 0) is 11.3 Å². The summed E-state index contributed by atoms with van der Waals surface area (Å²) in [6.45, 7) is 2.36. The van der Waals surface area contributed by atoms with Gasteiger partial charge in [0.05, 0.1) is 12.3 Å². The van der Waals surface area contributed by atoms with E-state index in [1.165, 1.54) is 0 Å². The summed E-state index contributed by atoms with van der Waals surface area (Å²) in [5.41, 5.74) is 6.85. The Morgan fingerprint density at radius 1 is 1.62 bits per heavy atom. The van der Waals surface area contributed by atoms with Gasteiger partial charge in [0.15, 0.2) is 0 Å². The van der Waals surface area contributed by atoms with Crippen LogP contribution in [0, 0.1) is 0 Å². The molecule has 1 aliphatic rings. The van der Waals surface area contributed by atoms with Gasteiger partial charge in [-0.25, -0.2) is 9.97 Å². The van der Waals surface area contributed by atoms with Crippen molar-refractivity contribution < 1.29 is 4.74 Å². The van der Waals surface area contributed by atoms with Gasteiger partial charge in [-0.2, -0.15) is 0 Å². The third kappa shape index (κ3) is 2.68. The highest BCUT2D eigenvalue weighted by molar-refractivity contribution is 5.31. The van der Waals surface area contributed by atoms with Crippen LogP contribution in [-0.4, -0.2) is 36.2 Å². The number of aromatic nitrogens is 2. The maximum absolute atomic E-state index is 5.94. The fourth-order valence-corrected chi connectivity index (χ4v) is 1.96. The van der Waals surface area contributed by atoms with Crippen LogP contribution in [0.4, 0.5) is 5.95 Å². The molecule has 0 bridgehead atoms. The molecule has 0 amide bonds. The van der Waals surface area contributed by atoms with Crippen LogP contribution in [0.3, 0.4) is 0 Å². The van der Waals surface area contributed by atoms with Crippen LogP contribution in [0.2, 0.25) is 0 Å². The van der Waals surface area contributed by atoms with Crippen molar-refractivity contribution in [1.29, 1.82) is 0 Å². The topological polar surface area (TPSA) is 64.3 Å². The summed E-state index contributed by atoms with van der Waals surface area (Å²) in [5.74, 6) is 0.768. The second kappa shape index (κ2) is 5.23. The molecule has 1 saturated heterocycles. The maximum Gasteiger partial charge on any atom is 0.225 e. The molecule has 1 unspecified atom stereocenters. The summed E-state index contributed by atoms with van der Waals surface area (Å²) in [6, 6.07) is 2.11. The molecule has 0 aliphatic carbocycles. The second-order valence-corrected chi connectivity index (χ2v) is 4.13. The van der Waals surface area contributed by atoms with Gasteiger partial charge in [-0.3, -0.25) is 0 Å². The summed E-state index contributed by atoms with van der Waals surface area (Å²) < 4.78 is 5.06. The van der Waals surface area contributed by atoms with Crippen molar-refractivity contribution in [2.24, 2.45) is 5.73 Å². The molecule has 16 heavy (non-hydrogen) atoms. The summed E-state index contributed by atoms with van der Waals surface area (Å²) in [4.78, 5) is 10.9. The van der Waals surface area contributed by atoms with Crippen molar-refractivity contribution >= 4 is 5.95 Å². The molecule has 2 N–H and O–H groups in total. The Kier molecular flexibility index (Phi) is 3.69. The lowest BCUT2D eigenvalue weighted by molar-refractivity contribution is 0.181. The van der Waals surface area contributed by atoms with E-state index < -0.39 is 0 Å². The Morgan fingerprint density at radius 2 is 2.50 bits per heavy atom. The van der Waals surface area contributed by atoms with E-state index in [-0.39, 0.29) is 6.04 Å². The van der Waals surface area contributed by atoms with Crippen LogP contribution < -0.4 is 10.6 Å². The molecule has 0 saturated carbocycles. The van der Waals surface area contributed by atoms with Crippen LogP contribution in [0.15, 0.2) is 12.3 Å². The Labute approximate surface area is 95.6 Å². The predicted octanol–water partition coefficient (Wildman–Crippen LogP) is 0.551. The quantitative estimate of drug-likeness (QED) is 0.809. The number of rotatable bonds is 3. The van der Waals surface area contributed by atoms with Gasteiger partial charge < -0.3 is 15.4 Å². The molecule has 5 nitrogen and oxygen atoms in total. The fourth-order valence-electron chi connectivity index (χ4n) is 1.96. The number of methoxy groups -OCH3 is 1. The number of piperidine rings is 1. The summed E-state index contributed by atoms with van der Waals surface area (Å²) in [6.07, 6.45) is 3.98. The number of anilines is 1. The van der Waals surface area contributed by atoms with Crippen molar-refractivity contribution in [2.45, 2.75) is 25.5 Å². The zero-order valence-electron chi connectivity index (χ0n) is 9.59. The van der Waals surface area contributed by atoms with Gasteiger partial charge in [0.25, 0.3) is 0 Å².